The van der Waals surface area contributed by atoms with Crippen LogP contribution in [0.5, 0.6) is 11.5 Å². The summed E-state index contributed by atoms with van der Waals surface area (Å²) in [4.78, 5) is 14.5. The first-order valence-electron chi connectivity index (χ1n) is 6.55. The number of carbonyl (C=O) groups is 1. The molecule has 3 aromatic rings. The van der Waals surface area contributed by atoms with Crippen LogP contribution in [0.4, 0.5) is 13.2 Å². The molecule has 130 valence electrons. The number of thiazole rings is 1. The topological polar surface area (TPSA) is 108 Å². The SMILES string of the molecule is O=C(O)c1csc(-n2nc(-c3ccc(O)c(O)c3)cc2C(F)(F)F)n1. The Morgan fingerprint density at radius 2 is 1.88 bits per heavy atom. The van der Waals surface area contributed by atoms with E-state index in [0.717, 1.165) is 23.6 Å². The summed E-state index contributed by atoms with van der Waals surface area (Å²) in [6.45, 7) is 0. The lowest BCUT2D eigenvalue weighted by Crippen LogP contribution is -2.13. The van der Waals surface area contributed by atoms with Crippen LogP contribution >= 0.6 is 11.3 Å². The third-order valence-electron chi connectivity index (χ3n) is 3.16. The summed E-state index contributed by atoms with van der Waals surface area (Å²) < 4.78 is 40.3. The van der Waals surface area contributed by atoms with Crippen LogP contribution in [0.15, 0.2) is 29.6 Å². The third kappa shape index (κ3) is 3.13. The molecule has 0 bridgehead atoms. The number of benzene rings is 1. The summed E-state index contributed by atoms with van der Waals surface area (Å²) in [5, 5.41) is 32.3. The maximum absolute atomic E-state index is 13.3. The van der Waals surface area contributed by atoms with Gasteiger partial charge >= 0.3 is 12.1 Å². The lowest BCUT2D eigenvalue weighted by atomic mass is 10.1. The monoisotopic (exact) mass is 371 g/mol. The molecular formula is C14H8F3N3O4S. The molecule has 25 heavy (non-hydrogen) atoms. The fourth-order valence-corrected chi connectivity index (χ4v) is 2.77. The number of phenols is 2. The molecule has 0 aliphatic carbocycles. The smallest absolute Gasteiger partial charge is 0.433 e. The molecule has 0 aliphatic rings. The minimum Gasteiger partial charge on any atom is -0.504 e. The van der Waals surface area contributed by atoms with Crippen molar-refractivity contribution in [2.75, 3.05) is 0 Å². The second-order valence-corrected chi connectivity index (χ2v) is 5.68. The molecule has 11 heteroatoms. The average Bonchev–Trinajstić information content (AvgIpc) is 3.15. The number of nitrogens with zero attached hydrogens (tertiary/aromatic N) is 3. The van der Waals surface area contributed by atoms with E-state index in [9.17, 15) is 28.2 Å². The van der Waals surface area contributed by atoms with Crippen molar-refractivity contribution < 1.29 is 33.3 Å². The van der Waals surface area contributed by atoms with Gasteiger partial charge in [-0.2, -0.15) is 18.3 Å². The first kappa shape index (κ1) is 16.8. The molecule has 0 aliphatic heterocycles. The van der Waals surface area contributed by atoms with E-state index in [1.54, 1.807) is 0 Å². The Kier molecular flexibility index (Phi) is 3.87. The molecule has 0 unspecified atom stereocenters. The summed E-state index contributed by atoms with van der Waals surface area (Å²) in [6, 6.07) is 4.20. The third-order valence-corrected chi connectivity index (χ3v) is 3.98. The molecule has 0 amide bonds. The van der Waals surface area contributed by atoms with E-state index < -0.39 is 35.0 Å². The quantitative estimate of drug-likeness (QED) is 0.611. The van der Waals surface area contributed by atoms with Crippen LogP contribution in [-0.4, -0.2) is 36.1 Å². The number of hydrogen-bond donors (Lipinski definition) is 3. The highest BCUT2D eigenvalue weighted by Crippen LogP contribution is 2.36. The lowest BCUT2D eigenvalue weighted by molar-refractivity contribution is -0.142. The number of aromatic nitrogens is 3. The lowest BCUT2D eigenvalue weighted by Gasteiger charge is -2.06. The van der Waals surface area contributed by atoms with Gasteiger partial charge in [0.15, 0.2) is 22.9 Å². The van der Waals surface area contributed by atoms with Crippen LogP contribution in [0.3, 0.4) is 0 Å². The zero-order chi connectivity index (χ0) is 18.4. The van der Waals surface area contributed by atoms with Crippen molar-refractivity contribution in [2.24, 2.45) is 0 Å². The highest BCUT2D eigenvalue weighted by Gasteiger charge is 2.37. The molecule has 0 fully saturated rings. The second kappa shape index (κ2) is 5.77. The molecule has 0 saturated heterocycles. The Morgan fingerprint density at radius 1 is 1.16 bits per heavy atom. The van der Waals surface area contributed by atoms with Gasteiger partial charge in [0, 0.05) is 10.9 Å². The van der Waals surface area contributed by atoms with Crippen molar-refractivity contribution >= 4 is 17.3 Å². The van der Waals surface area contributed by atoms with Gasteiger partial charge in [0.1, 0.15) is 0 Å². The van der Waals surface area contributed by atoms with Gasteiger partial charge < -0.3 is 15.3 Å². The number of aromatic hydroxyl groups is 2. The molecule has 0 saturated carbocycles. The number of rotatable bonds is 3. The molecular weight excluding hydrogens is 363 g/mol. The number of carboxylic acids is 1. The van der Waals surface area contributed by atoms with Crippen molar-refractivity contribution in [1.82, 2.24) is 14.8 Å². The van der Waals surface area contributed by atoms with Crippen LogP contribution < -0.4 is 0 Å². The van der Waals surface area contributed by atoms with Crippen LogP contribution in [0.1, 0.15) is 16.2 Å². The summed E-state index contributed by atoms with van der Waals surface area (Å²) >= 11 is 0.695. The number of alkyl halides is 3. The molecule has 0 atom stereocenters. The summed E-state index contributed by atoms with van der Waals surface area (Å²) in [6.07, 6.45) is -4.76. The molecule has 0 radical (unpaired) electrons. The van der Waals surface area contributed by atoms with Gasteiger partial charge in [0.25, 0.3) is 0 Å². The molecule has 1 aromatic carbocycles. The highest BCUT2D eigenvalue weighted by atomic mass is 32.1. The fraction of sp³-hybridized carbons (Fsp3) is 0.0714. The number of halogens is 3. The molecule has 3 N–H and O–H groups in total. The van der Waals surface area contributed by atoms with Gasteiger partial charge in [-0.3, -0.25) is 0 Å². The van der Waals surface area contributed by atoms with Crippen LogP contribution in [0.2, 0.25) is 0 Å². The van der Waals surface area contributed by atoms with E-state index >= 15 is 0 Å². The Balaban J connectivity index is 2.15. The van der Waals surface area contributed by atoms with E-state index in [1.807, 2.05) is 0 Å². The van der Waals surface area contributed by atoms with Gasteiger partial charge in [-0.15, -0.1) is 11.3 Å². The van der Waals surface area contributed by atoms with Gasteiger partial charge in [0.2, 0.25) is 5.13 Å². The van der Waals surface area contributed by atoms with E-state index in [-0.39, 0.29) is 16.4 Å². The normalized spacial score (nSPS) is 11.6. The fourth-order valence-electron chi connectivity index (χ4n) is 2.01. The van der Waals surface area contributed by atoms with Crippen LogP contribution in [-0.2, 0) is 6.18 Å². The minimum absolute atomic E-state index is 0.130. The van der Waals surface area contributed by atoms with Gasteiger partial charge in [-0.05, 0) is 24.3 Å². The van der Waals surface area contributed by atoms with E-state index in [0.29, 0.717) is 16.0 Å². The number of carboxylic acid groups (broad SMARTS) is 1. The van der Waals surface area contributed by atoms with Crippen molar-refractivity contribution in [3.05, 3.63) is 41.0 Å². The minimum atomic E-state index is -4.76. The Labute approximate surface area is 141 Å². The largest absolute Gasteiger partial charge is 0.504 e. The van der Waals surface area contributed by atoms with E-state index in [4.69, 9.17) is 5.11 Å². The molecule has 7 nitrogen and oxygen atoms in total. The Morgan fingerprint density at radius 3 is 2.44 bits per heavy atom. The number of phenolic OH excluding ortho intramolecular Hbond substituents is 2. The maximum Gasteiger partial charge on any atom is 0.433 e. The highest BCUT2D eigenvalue weighted by molar-refractivity contribution is 7.12. The second-order valence-electron chi connectivity index (χ2n) is 4.85. The van der Waals surface area contributed by atoms with Crippen molar-refractivity contribution in [3.8, 4) is 27.9 Å². The van der Waals surface area contributed by atoms with Crippen LogP contribution in [0.25, 0.3) is 16.4 Å². The predicted octanol–water partition coefficient (Wildman–Crippen LogP) is 3.12. The summed E-state index contributed by atoms with van der Waals surface area (Å²) in [7, 11) is 0. The van der Waals surface area contributed by atoms with Gasteiger partial charge in [-0.25, -0.2) is 14.5 Å². The van der Waals surface area contributed by atoms with E-state index in [1.165, 1.54) is 6.07 Å². The standard InChI is InChI=1S/C14H8F3N3O4S/c15-14(16,17)11-4-7(6-1-2-9(21)10(22)3-6)19-20(11)13-18-8(5-25-13)12(23)24/h1-5,21-22H,(H,23,24). The number of hydrogen-bond acceptors (Lipinski definition) is 6. The van der Waals surface area contributed by atoms with E-state index in [2.05, 4.69) is 10.1 Å². The first-order valence-corrected chi connectivity index (χ1v) is 7.43. The molecule has 2 aromatic heterocycles. The average molecular weight is 371 g/mol. The maximum atomic E-state index is 13.3. The van der Waals surface area contributed by atoms with Crippen molar-refractivity contribution in [2.45, 2.75) is 6.18 Å². The van der Waals surface area contributed by atoms with Crippen LogP contribution in [0, 0.1) is 0 Å². The Hall–Kier alpha value is -3.08. The summed E-state index contributed by atoms with van der Waals surface area (Å²) in [5.74, 6) is -2.31. The molecule has 2 heterocycles. The summed E-state index contributed by atoms with van der Waals surface area (Å²) in [5.41, 5.74) is -1.54. The van der Waals surface area contributed by atoms with Gasteiger partial charge in [0.05, 0.1) is 5.69 Å². The van der Waals surface area contributed by atoms with Crippen molar-refractivity contribution in [1.29, 1.82) is 0 Å². The molecule has 3 rings (SSSR count). The zero-order valence-corrected chi connectivity index (χ0v) is 12.8. The number of aromatic carboxylic acids is 1. The predicted molar refractivity (Wildman–Crippen MR) is 80.0 cm³/mol. The van der Waals surface area contributed by atoms with Crippen molar-refractivity contribution in [3.63, 3.8) is 0 Å². The van der Waals surface area contributed by atoms with Gasteiger partial charge in [-0.1, -0.05) is 0 Å². The Bertz CT molecular complexity index is 965. The molecule has 0 spiro atoms. The first-order chi connectivity index (χ1) is 11.7. The zero-order valence-electron chi connectivity index (χ0n) is 12.0.